The molecule has 3 heterocycles. The van der Waals surface area contributed by atoms with Crippen LogP contribution in [0.2, 0.25) is 0 Å². The molecule has 126 valence electrons. The van der Waals surface area contributed by atoms with Crippen molar-refractivity contribution in [2.75, 3.05) is 13.1 Å². The molecular formula is C16H19N5O3. The van der Waals surface area contributed by atoms with Crippen LogP contribution >= 0.6 is 0 Å². The van der Waals surface area contributed by atoms with Crippen molar-refractivity contribution in [3.63, 3.8) is 0 Å². The highest BCUT2D eigenvalue weighted by molar-refractivity contribution is 5.92. The number of H-pyrrole nitrogens is 2. The molecule has 1 aliphatic carbocycles. The van der Waals surface area contributed by atoms with Crippen LogP contribution in [0.25, 0.3) is 0 Å². The minimum Gasteiger partial charge on any atom is -0.336 e. The number of aryl methyl sites for hydroxylation is 2. The first-order valence-corrected chi connectivity index (χ1v) is 8.27. The Morgan fingerprint density at radius 3 is 2.79 bits per heavy atom. The SMILES string of the molecule is O=C(c1c[nH]c(=O)[nH]1)N1CC(Cn2nc3c(cc2=O)CCCC3)C1. The molecule has 8 heteroatoms. The molecule has 2 N–H and O–H groups in total. The van der Waals surface area contributed by atoms with Crippen LogP contribution in [0.3, 0.4) is 0 Å². The predicted molar refractivity (Wildman–Crippen MR) is 85.9 cm³/mol. The Bertz CT molecular complexity index is 888. The molecule has 0 bridgehead atoms. The van der Waals surface area contributed by atoms with Crippen LogP contribution in [0.15, 0.2) is 21.9 Å². The fourth-order valence-corrected chi connectivity index (χ4v) is 3.45. The second-order valence-corrected chi connectivity index (χ2v) is 6.58. The number of fused-ring (bicyclic) bond motifs is 1. The lowest BCUT2D eigenvalue weighted by molar-refractivity contribution is 0.0452. The summed E-state index contributed by atoms with van der Waals surface area (Å²) in [6.07, 6.45) is 5.51. The maximum atomic E-state index is 12.2. The Kier molecular flexibility index (Phi) is 3.59. The maximum absolute atomic E-state index is 12.2. The van der Waals surface area contributed by atoms with Crippen molar-refractivity contribution in [3.8, 4) is 0 Å². The van der Waals surface area contributed by atoms with Crippen molar-refractivity contribution in [2.24, 2.45) is 5.92 Å². The molecule has 2 aromatic rings. The van der Waals surface area contributed by atoms with Crippen molar-refractivity contribution < 1.29 is 4.79 Å². The summed E-state index contributed by atoms with van der Waals surface area (Å²) in [5, 5.41) is 4.51. The maximum Gasteiger partial charge on any atom is 0.323 e. The number of hydrogen-bond acceptors (Lipinski definition) is 4. The second kappa shape index (κ2) is 5.77. The van der Waals surface area contributed by atoms with Gasteiger partial charge in [-0.25, -0.2) is 9.48 Å². The Labute approximate surface area is 137 Å². The summed E-state index contributed by atoms with van der Waals surface area (Å²) in [7, 11) is 0. The van der Waals surface area contributed by atoms with Crippen molar-refractivity contribution >= 4 is 5.91 Å². The van der Waals surface area contributed by atoms with Gasteiger partial charge >= 0.3 is 5.69 Å². The summed E-state index contributed by atoms with van der Waals surface area (Å²) in [5.74, 6) is 0.0156. The summed E-state index contributed by atoms with van der Waals surface area (Å²) in [6, 6.07) is 1.72. The van der Waals surface area contributed by atoms with E-state index >= 15 is 0 Å². The smallest absolute Gasteiger partial charge is 0.323 e. The molecule has 1 amide bonds. The van der Waals surface area contributed by atoms with Crippen molar-refractivity contribution in [2.45, 2.75) is 32.2 Å². The van der Waals surface area contributed by atoms with Gasteiger partial charge in [0.1, 0.15) is 5.69 Å². The average molecular weight is 329 g/mol. The van der Waals surface area contributed by atoms with Crippen molar-refractivity contribution in [1.82, 2.24) is 24.6 Å². The van der Waals surface area contributed by atoms with Crippen LogP contribution in [0, 0.1) is 5.92 Å². The van der Waals surface area contributed by atoms with Crippen LogP contribution in [0.4, 0.5) is 0 Å². The molecule has 0 aromatic carbocycles. The molecular weight excluding hydrogens is 310 g/mol. The average Bonchev–Trinajstić information content (AvgIpc) is 2.96. The van der Waals surface area contributed by atoms with Gasteiger partial charge < -0.3 is 14.9 Å². The first-order chi connectivity index (χ1) is 11.6. The van der Waals surface area contributed by atoms with Crippen molar-refractivity contribution in [3.05, 3.63) is 50.1 Å². The minimum atomic E-state index is -0.389. The lowest BCUT2D eigenvalue weighted by Crippen LogP contribution is -2.52. The Hall–Kier alpha value is -2.64. The predicted octanol–water partition coefficient (Wildman–Crippen LogP) is -0.0893. The summed E-state index contributed by atoms with van der Waals surface area (Å²) >= 11 is 0. The van der Waals surface area contributed by atoms with Gasteiger partial charge in [-0.1, -0.05) is 0 Å². The van der Waals surface area contributed by atoms with Gasteiger partial charge in [-0.2, -0.15) is 5.10 Å². The van der Waals surface area contributed by atoms with E-state index in [9.17, 15) is 14.4 Å². The Balaban J connectivity index is 1.41. The Morgan fingerprint density at radius 2 is 2.04 bits per heavy atom. The third kappa shape index (κ3) is 2.68. The number of likely N-dealkylation sites (tertiary alicyclic amines) is 1. The van der Waals surface area contributed by atoms with E-state index in [0.29, 0.717) is 19.6 Å². The Morgan fingerprint density at radius 1 is 1.25 bits per heavy atom. The van der Waals surface area contributed by atoms with Crippen LogP contribution < -0.4 is 11.2 Å². The van der Waals surface area contributed by atoms with E-state index in [2.05, 4.69) is 15.1 Å². The quantitative estimate of drug-likeness (QED) is 0.821. The lowest BCUT2D eigenvalue weighted by Gasteiger charge is -2.39. The van der Waals surface area contributed by atoms with Gasteiger partial charge in [-0.15, -0.1) is 0 Å². The normalized spacial score (nSPS) is 17.4. The monoisotopic (exact) mass is 329 g/mol. The molecule has 1 fully saturated rings. The van der Waals surface area contributed by atoms with E-state index < -0.39 is 0 Å². The zero-order chi connectivity index (χ0) is 16.7. The van der Waals surface area contributed by atoms with Gasteiger partial charge in [0, 0.05) is 31.3 Å². The van der Waals surface area contributed by atoms with Crippen LogP contribution in [-0.2, 0) is 19.4 Å². The van der Waals surface area contributed by atoms with Gasteiger partial charge in [0.25, 0.3) is 11.5 Å². The molecule has 1 saturated heterocycles. The lowest BCUT2D eigenvalue weighted by atomic mass is 9.96. The highest BCUT2D eigenvalue weighted by atomic mass is 16.2. The van der Waals surface area contributed by atoms with Gasteiger partial charge in [0.05, 0.1) is 12.2 Å². The number of nitrogens with zero attached hydrogens (tertiary/aromatic N) is 3. The summed E-state index contributed by atoms with van der Waals surface area (Å²) in [4.78, 5) is 41.9. The number of carbonyl (C=O) groups is 1. The standard InChI is InChI=1S/C16H19N5O3/c22-14-5-11-3-1-2-4-12(11)19-21(14)9-10-7-20(8-10)15(23)13-6-17-16(24)18-13/h5-6,10H,1-4,7-9H2,(H2,17,18,24). The molecule has 1 aliphatic heterocycles. The zero-order valence-electron chi connectivity index (χ0n) is 13.2. The molecule has 8 nitrogen and oxygen atoms in total. The number of carbonyl (C=O) groups excluding carboxylic acids is 1. The first kappa shape index (κ1) is 14.9. The van der Waals surface area contributed by atoms with Gasteiger partial charge in [-0.05, 0) is 31.2 Å². The van der Waals surface area contributed by atoms with E-state index in [-0.39, 0.29) is 28.8 Å². The second-order valence-electron chi connectivity index (χ2n) is 6.58. The van der Waals surface area contributed by atoms with E-state index in [1.54, 1.807) is 11.0 Å². The number of imidazole rings is 1. The fourth-order valence-electron chi connectivity index (χ4n) is 3.45. The third-order valence-corrected chi connectivity index (χ3v) is 4.78. The molecule has 0 unspecified atom stereocenters. The van der Waals surface area contributed by atoms with E-state index in [4.69, 9.17) is 0 Å². The number of nitrogens with one attached hydrogen (secondary N) is 2. The summed E-state index contributed by atoms with van der Waals surface area (Å²) in [5.41, 5.74) is 1.94. The third-order valence-electron chi connectivity index (χ3n) is 4.78. The fraction of sp³-hybridized carbons (Fsp3) is 0.500. The van der Waals surface area contributed by atoms with Crippen LogP contribution in [0.1, 0.15) is 34.6 Å². The minimum absolute atomic E-state index is 0.0598. The van der Waals surface area contributed by atoms with E-state index in [1.165, 1.54) is 10.9 Å². The summed E-state index contributed by atoms with van der Waals surface area (Å²) in [6.45, 7) is 1.66. The molecule has 0 saturated carbocycles. The molecule has 0 radical (unpaired) electrons. The number of aromatic nitrogens is 4. The number of rotatable bonds is 3. The molecule has 0 atom stereocenters. The first-order valence-electron chi connectivity index (χ1n) is 8.27. The van der Waals surface area contributed by atoms with Crippen LogP contribution in [0.5, 0.6) is 0 Å². The molecule has 0 spiro atoms. The number of amides is 1. The van der Waals surface area contributed by atoms with Crippen molar-refractivity contribution in [1.29, 1.82) is 0 Å². The van der Waals surface area contributed by atoms with Gasteiger partial charge in [0.15, 0.2) is 0 Å². The highest BCUT2D eigenvalue weighted by Crippen LogP contribution is 2.20. The van der Waals surface area contributed by atoms with E-state index in [0.717, 1.165) is 36.9 Å². The highest BCUT2D eigenvalue weighted by Gasteiger charge is 2.32. The molecule has 2 aromatic heterocycles. The molecule has 4 rings (SSSR count). The topological polar surface area (TPSA) is 104 Å². The zero-order valence-corrected chi connectivity index (χ0v) is 13.2. The number of aromatic amines is 2. The van der Waals surface area contributed by atoms with Gasteiger partial charge in [0.2, 0.25) is 0 Å². The summed E-state index contributed by atoms with van der Waals surface area (Å²) < 4.78 is 1.54. The molecule has 2 aliphatic rings. The largest absolute Gasteiger partial charge is 0.336 e. The van der Waals surface area contributed by atoms with Gasteiger partial charge in [-0.3, -0.25) is 9.59 Å². The van der Waals surface area contributed by atoms with Crippen LogP contribution in [-0.4, -0.2) is 43.6 Å². The number of hydrogen-bond donors (Lipinski definition) is 2. The van der Waals surface area contributed by atoms with E-state index in [1.807, 2.05) is 0 Å². The molecule has 24 heavy (non-hydrogen) atoms.